The zero-order valence-electron chi connectivity index (χ0n) is 13.8. The molecule has 0 aliphatic carbocycles. The van der Waals surface area contributed by atoms with Gasteiger partial charge >= 0.3 is 0 Å². The summed E-state index contributed by atoms with van der Waals surface area (Å²) in [5, 5.41) is 0.997. The van der Waals surface area contributed by atoms with Crippen molar-refractivity contribution >= 4 is 27.7 Å². The predicted molar refractivity (Wildman–Crippen MR) is 91.7 cm³/mol. The van der Waals surface area contributed by atoms with Crippen molar-refractivity contribution in [1.29, 1.82) is 0 Å². The first-order chi connectivity index (χ1) is 11.6. The summed E-state index contributed by atoms with van der Waals surface area (Å²) < 4.78 is 28.3. The minimum absolute atomic E-state index is 0.0763. The third-order valence-electron chi connectivity index (χ3n) is 3.22. The van der Waals surface area contributed by atoms with Crippen molar-refractivity contribution in [1.82, 2.24) is 15.4 Å². The fourth-order valence-electron chi connectivity index (χ4n) is 2.01. The Balaban J connectivity index is 2.34. The lowest BCUT2D eigenvalue weighted by Gasteiger charge is -2.35. The molecule has 0 saturated carbocycles. The predicted octanol–water partition coefficient (Wildman–Crippen LogP) is 3.71. The fraction of sp³-hybridized carbons (Fsp3) is 0.235. The maximum Gasteiger partial charge on any atom is 0.291 e. The fourth-order valence-corrected chi connectivity index (χ4v) is 2.25. The van der Waals surface area contributed by atoms with Crippen molar-refractivity contribution in [3.63, 3.8) is 0 Å². The minimum Gasteiger partial charge on any atom is -0.267 e. The third kappa shape index (κ3) is 4.39. The number of aromatic nitrogens is 1. The summed E-state index contributed by atoms with van der Waals surface area (Å²) in [5.74, 6) is -3.69. The second kappa shape index (κ2) is 7.26. The lowest BCUT2D eigenvalue weighted by atomic mass is 10.1. The SMILES string of the molecule is CC(C)(C)N(NC(=O)c1c(F)cccc1F)C(=O)c1ccc(Br)cn1. The summed E-state index contributed by atoms with van der Waals surface area (Å²) in [4.78, 5) is 29.0. The van der Waals surface area contributed by atoms with Crippen LogP contribution in [-0.2, 0) is 0 Å². The summed E-state index contributed by atoms with van der Waals surface area (Å²) in [7, 11) is 0. The van der Waals surface area contributed by atoms with Gasteiger partial charge in [-0.05, 0) is 61.0 Å². The van der Waals surface area contributed by atoms with Gasteiger partial charge in [0.25, 0.3) is 11.8 Å². The summed E-state index contributed by atoms with van der Waals surface area (Å²) in [6, 6.07) is 6.19. The summed E-state index contributed by atoms with van der Waals surface area (Å²) in [5.41, 5.74) is 0.743. The van der Waals surface area contributed by atoms with Gasteiger partial charge in [-0.3, -0.25) is 15.0 Å². The van der Waals surface area contributed by atoms with Crippen LogP contribution in [-0.4, -0.2) is 27.3 Å². The molecule has 1 N–H and O–H groups in total. The average molecular weight is 412 g/mol. The summed E-state index contributed by atoms with van der Waals surface area (Å²) >= 11 is 3.22. The molecular formula is C17H16BrF2N3O2. The molecule has 1 aromatic carbocycles. The van der Waals surface area contributed by atoms with E-state index in [1.54, 1.807) is 26.8 Å². The molecule has 5 nitrogen and oxygen atoms in total. The van der Waals surface area contributed by atoms with E-state index in [-0.39, 0.29) is 5.69 Å². The summed E-state index contributed by atoms with van der Waals surface area (Å²) in [6.45, 7) is 5.01. The van der Waals surface area contributed by atoms with Crippen LogP contribution in [0.5, 0.6) is 0 Å². The smallest absolute Gasteiger partial charge is 0.267 e. The molecule has 132 valence electrons. The standard InChI is InChI=1S/C17H16BrF2N3O2/c1-17(2,3)23(16(25)13-8-7-10(18)9-21-13)22-15(24)14-11(19)5-4-6-12(14)20/h4-9H,1-3H3,(H,22,24). The molecule has 0 aliphatic heterocycles. The van der Waals surface area contributed by atoms with Crippen molar-refractivity contribution < 1.29 is 18.4 Å². The van der Waals surface area contributed by atoms with E-state index in [9.17, 15) is 18.4 Å². The monoisotopic (exact) mass is 411 g/mol. The van der Waals surface area contributed by atoms with Crippen LogP contribution in [0.4, 0.5) is 8.78 Å². The van der Waals surface area contributed by atoms with Gasteiger partial charge < -0.3 is 0 Å². The molecule has 0 bridgehead atoms. The van der Waals surface area contributed by atoms with E-state index in [2.05, 4.69) is 26.3 Å². The highest BCUT2D eigenvalue weighted by Crippen LogP contribution is 2.18. The van der Waals surface area contributed by atoms with E-state index >= 15 is 0 Å². The van der Waals surface area contributed by atoms with Gasteiger partial charge in [0, 0.05) is 10.7 Å². The first-order valence-corrected chi connectivity index (χ1v) is 8.11. The molecule has 1 heterocycles. The first-order valence-electron chi connectivity index (χ1n) is 7.32. The van der Waals surface area contributed by atoms with Gasteiger partial charge in [0.1, 0.15) is 22.9 Å². The van der Waals surface area contributed by atoms with Crippen LogP contribution in [0.3, 0.4) is 0 Å². The Labute approximate surface area is 152 Å². The van der Waals surface area contributed by atoms with E-state index in [4.69, 9.17) is 0 Å². The lowest BCUT2D eigenvalue weighted by Crippen LogP contribution is -2.56. The van der Waals surface area contributed by atoms with Crippen LogP contribution in [0.1, 0.15) is 41.6 Å². The maximum absolute atomic E-state index is 13.8. The molecule has 0 spiro atoms. The number of nitrogens with one attached hydrogen (secondary N) is 1. The van der Waals surface area contributed by atoms with Crippen LogP contribution in [0.15, 0.2) is 41.0 Å². The molecule has 0 unspecified atom stereocenters. The van der Waals surface area contributed by atoms with Crippen LogP contribution in [0.2, 0.25) is 0 Å². The molecule has 0 aliphatic rings. The van der Waals surface area contributed by atoms with Crippen molar-refractivity contribution in [3.8, 4) is 0 Å². The summed E-state index contributed by atoms with van der Waals surface area (Å²) in [6.07, 6.45) is 1.44. The number of pyridine rings is 1. The molecule has 0 saturated heterocycles. The molecule has 2 aromatic rings. The number of amides is 2. The molecule has 0 radical (unpaired) electrons. The van der Waals surface area contributed by atoms with Crippen LogP contribution in [0, 0.1) is 11.6 Å². The molecule has 1 aromatic heterocycles. The third-order valence-corrected chi connectivity index (χ3v) is 3.69. The number of benzene rings is 1. The van der Waals surface area contributed by atoms with Crippen molar-refractivity contribution in [2.75, 3.05) is 0 Å². The highest BCUT2D eigenvalue weighted by atomic mass is 79.9. The zero-order chi connectivity index (χ0) is 18.8. The Morgan fingerprint density at radius 3 is 2.20 bits per heavy atom. The van der Waals surface area contributed by atoms with Crippen LogP contribution < -0.4 is 5.43 Å². The van der Waals surface area contributed by atoms with Gasteiger partial charge in [0.05, 0.1) is 5.54 Å². The van der Waals surface area contributed by atoms with Crippen LogP contribution in [0.25, 0.3) is 0 Å². The maximum atomic E-state index is 13.8. The van der Waals surface area contributed by atoms with Crippen LogP contribution >= 0.6 is 15.9 Å². The van der Waals surface area contributed by atoms with Gasteiger partial charge in [-0.15, -0.1) is 0 Å². The minimum atomic E-state index is -1.06. The van der Waals surface area contributed by atoms with E-state index in [0.29, 0.717) is 4.47 Å². The van der Waals surface area contributed by atoms with E-state index < -0.39 is 34.6 Å². The molecule has 0 atom stereocenters. The number of rotatable bonds is 2. The molecule has 2 rings (SSSR count). The van der Waals surface area contributed by atoms with E-state index in [1.165, 1.54) is 12.3 Å². The largest absolute Gasteiger partial charge is 0.291 e. The molecule has 25 heavy (non-hydrogen) atoms. The Morgan fingerprint density at radius 1 is 1.12 bits per heavy atom. The van der Waals surface area contributed by atoms with Gasteiger partial charge in [0.2, 0.25) is 0 Å². The van der Waals surface area contributed by atoms with Crippen molar-refractivity contribution in [3.05, 3.63) is 63.9 Å². The van der Waals surface area contributed by atoms with E-state index in [0.717, 1.165) is 23.2 Å². The Bertz CT molecular complexity index is 784. The number of nitrogens with zero attached hydrogens (tertiary/aromatic N) is 2. The van der Waals surface area contributed by atoms with Crippen molar-refractivity contribution in [2.24, 2.45) is 0 Å². The van der Waals surface area contributed by atoms with Gasteiger partial charge in [0.15, 0.2) is 0 Å². The zero-order valence-corrected chi connectivity index (χ0v) is 15.4. The number of carbonyl (C=O) groups excluding carboxylic acids is 2. The first kappa shape index (κ1) is 19.0. The number of hydrogen-bond acceptors (Lipinski definition) is 3. The Hall–Kier alpha value is -2.35. The second-order valence-electron chi connectivity index (χ2n) is 6.21. The Morgan fingerprint density at radius 2 is 1.72 bits per heavy atom. The quantitative estimate of drug-likeness (QED) is 0.766. The second-order valence-corrected chi connectivity index (χ2v) is 7.13. The van der Waals surface area contributed by atoms with Gasteiger partial charge in [-0.2, -0.15) is 0 Å². The number of carbonyl (C=O) groups is 2. The van der Waals surface area contributed by atoms with Gasteiger partial charge in [-0.1, -0.05) is 6.07 Å². The molecule has 8 heteroatoms. The van der Waals surface area contributed by atoms with E-state index in [1.807, 2.05) is 0 Å². The molecule has 2 amide bonds. The highest BCUT2D eigenvalue weighted by molar-refractivity contribution is 9.10. The molecular weight excluding hydrogens is 396 g/mol. The number of hydrogen-bond donors (Lipinski definition) is 1. The Kier molecular flexibility index (Phi) is 5.52. The lowest BCUT2D eigenvalue weighted by molar-refractivity contribution is 0.0350. The normalized spacial score (nSPS) is 11.1. The highest BCUT2D eigenvalue weighted by Gasteiger charge is 2.31. The molecule has 0 fully saturated rings. The average Bonchev–Trinajstić information content (AvgIpc) is 2.51. The van der Waals surface area contributed by atoms with Crippen molar-refractivity contribution in [2.45, 2.75) is 26.3 Å². The number of halogens is 3. The van der Waals surface area contributed by atoms with Gasteiger partial charge in [-0.25, -0.2) is 18.8 Å². The topological polar surface area (TPSA) is 62.3 Å². The number of hydrazine groups is 1.